The molecule has 2 heterocycles. The lowest BCUT2D eigenvalue weighted by molar-refractivity contribution is 1.66. The van der Waals surface area contributed by atoms with Crippen molar-refractivity contribution >= 4 is 85.2 Å². The lowest BCUT2D eigenvalue weighted by Crippen LogP contribution is -1.91. The normalized spacial score (nSPS) is 11.8. The Morgan fingerprint density at radius 3 is 1.56 bits per heavy atom. The van der Waals surface area contributed by atoms with E-state index in [1.54, 1.807) is 0 Å². The van der Waals surface area contributed by atoms with Crippen molar-refractivity contribution in [3.8, 4) is 43.8 Å². The molecular weight excluding hydrogens is 665 g/mol. The van der Waals surface area contributed by atoms with Crippen LogP contribution in [-0.4, -0.2) is 0 Å². The highest BCUT2D eigenvalue weighted by Crippen LogP contribution is 2.51. The summed E-state index contributed by atoms with van der Waals surface area (Å²) in [5.74, 6) is 0. The Hall–Kier alpha value is -6.06. The quantitative estimate of drug-likeness (QED) is 0.161. The van der Waals surface area contributed by atoms with Crippen molar-refractivity contribution in [1.29, 1.82) is 0 Å². The van der Waals surface area contributed by atoms with Crippen LogP contribution in [0.25, 0.3) is 106 Å². The number of fused-ring (bicyclic) bond motifs is 8. The van der Waals surface area contributed by atoms with E-state index < -0.39 is 0 Å². The van der Waals surface area contributed by atoms with Gasteiger partial charge in [0.05, 0.1) is 9.40 Å². The zero-order chi connectivity index (χ0) is 34.2. The minimum absolute atomic E-state index is 1.25. The van der Waals surface area contributed by atoms with Crippen molar-refractivity contribution < 1.29 is 0 Å². The molecule has 0 aliphatic carbocycles. The molecule has 0 saturated heterocycles. The van der Waals surface area contributed by atoms with Gasteiger partial charge in [-0.3, -0.25) is 0 Å². The molecule has 0 unspecified atom stereocenters. The van der Waals surface area contributed by atoms with Crippen LogP contribution in [-0.2, 0) is 0 Å². The molecule has 2 heteroatoms. The van der Waals surface area contributed by atoms with Crippen LogP contribution in [0.3, 0.4) is 0 Å². The molecule has 0 bridgehead atoms. The zero-order valence-electron chi connectivity index (χ0n) is 28.1. The summed E-state index contributed by atoms with van der Waals surface area (Å²) in [5.41, 5.74) is 9.00. The molecule has 0 radical (unpaired) electrons. The van der Waals surface area contributed by atoms with Crippen molar-refractivity contribution in [3.63, 3.8) is 0 Å². The monoisotopic (exact) mass is 694 g/mol. The molecule has 0 fully saturated rings. The van der Waals surface area contributed by atoms with Crippen molar-refractivity contribution in [1.82, 2.24) is 0 Å². The van der Waals surface area contributed by atoms with Crippen LogP contribution in [0, 0.1) is 0 Å². The Morgan fingerprint density at radius 2 is 0.846 bits per heavy atom. The number of hydrogen-bond donors (Lipinski definition) is 0. The highest BCUT2D eigenvalue weighted by atomic mass is 32.1. The first-order valence-electron chi connectivity index (χ1n) is 17.8. The molecule has 52 heavy (non-hydrogen) atoms. The van der Waals surface area contributed by atoms with Crippen molar-refractivity contribution in [2.24, 2.45) is 0 Å². The van der Waals surface area contributed by atoms with Crippen LogP contribution in [0.15, 0.2) is 182 Å². The predicted octanol–water partition coefficient (Wildman–Crippen LogP) is 15.4. The lowest BCUT2D eigenvalue weighted by Gasteiger charge is -2.19. The van der Waals surface area contributed by atoms with Gasteiger partial charge in [-0.15, -0.1) is 22.7 Å². The van der Waals surface area contributed by atoms with Crippen LogP contribution in [0.5, 0.6) is 0 Å². The van der Waals surface area contributed by atoms with Gasteiger partial charge in [-0.25, -0.2) is 0 Å². The molecule has 9 aromatic carbocycles. The standard InChI is InChI=1S/C50H30S2/c1-3-15-32(16-4-1)46-42-28-27-41-43-30-34(26-29-44(43)51-49(41)50(42)52-48(46)33-17-5-2-6-18-33)45-37-21-9-11-23-39(37)47(40-24-12-10-22-38(40)45)36-25-13-19-31-14-7-8-20-35(31)36/h1-30H. The lowest BCUT2D eigenvalue weighted by atomic mass is 9.84. The summed E-state index contributed by atoms with van der Waals surface area (Å²) in [5, 5.41) is 11.7. The molecule has 0 nitrogen and oxygen atoms in total. The van der Waals surface area contributed by atoms with E-state index in [0.717, 1.165) is 0 Å². The molecule has 242 valence electrons. The fraction of sp³-hybridized carbons (Fsp3) is 0. The smallest absolute Gasteiger partial charge is 0.0534 e. The van der Waals surface area contributed by atoms with Crippen LogP contribution < -0.4 is 0 Å². The molecule has 11 rings (SSSR count). The second kappa shape index (κ2) is 11.7. The highest BCUT2D eigenvalue weighted by Gasteiger charge is 2.21. The Morgan fingerprint density at radius 1 is 0.288 bits per heavy atom. The van der Waals surface area contributed by atoms with Crippen LogP contribution in [0.4, 0.5) is 0 Å². The third-order valence-corrected chi connectivity index (χ3v) is 13.3. The average molecular weight is 695 g/mol. The van der Waals surface area contributed by atoms with Gasteiger partial charge in [0.25, 0.3) is 0 Å². The van der Waals surface area contributed by atoms with Gasteiger partial charge in [0.15, 0.2) is 0 Å². The molecule has 0 amide bonds. The third-order valence-electron chi connectivity index (χ3n) is 10.7. The maximum absolute atomic E-state index is 2.45. The fourth-order valence-corrected chi connectivity index (χ4v) is 11.0. The molecule has 0 aliphatic rings. The Balaban J connectivity index is 1.17. The maximum atomic E-state index is 2.45. The van der Waals surface area contributed by atoms with Crippen LogP contribution in [0.1, 0.15) is 0 Å². The van der Waals surface area contributed by atoms with E-state index in [-0.39, 0.29) is 0 Å². The van der Waals surface area contributed by atoms with E-state index in [2.05, 4.69) is 182 Å². The van der Waals surface area contributed by atoms with Gasteiger partial charge in [-0.1, -0.05) is 170 Å². The molecule has 2 aromatic heterocycles. The van der Waals surface area contributed by atoms with E-state index in [9.17, 15) is 0 Å². The number of hydrogen-bond acceptors (Lipinski definition) is 2. The Bertz CT molecular complexity index is 3100. The largest absolute Gasteiger partial charge is 0.134 e. The van der Waals surface area contributed by atoms with Gasteiger partial charge >= 0.3 is 0 Å². The molecule has 0 N–H and O–H groups in total. The molecule has 0 atom stereocenters. The second-order valence-electron chi connectivity index (χ2n) is 13.5. The minimum Gasteiger partial charge on any atom is -0.134 e. The van der Waals surface area contributed by atoms with Gasteiger partial charge in [0.2, 0.25) is 0 Å². The summed E-state index contributed by atoms with van der Waals surface area (Å²) in [7, 11) is 0. The van der Waals surface area contributed by atoms with E-state index >= 15 is 0 Å². The first kappa shape index (κ1) is 29.6. The van der Waals surface area contributed by atoms with E-state index in [0.29, 0.717) is 0 Å². The minimum atomic E-state index is 1.25. The predicted molar refractivity (Wildman–Crippen MR) is 229 cm³/mol. The number of rotatable bonds is 4. The average Bonchev–Trinajstić information content (AvgIpc) is 3.79. The van der Waals surface area contributed by atoms with Crippen molar-refractivity contribution in [2.45, 2.75) is 0 Å². The number of thiophene rings is 2. The van der Waals surface area contributed by atoms with E-state index in [4.69, 9.17) is 0 Å². The SMILES string of the molecule is c1ccc(-c2sc3c(ccc4c5cc(-c6c7ccccc7c(-c7cccc8ccccc78)c7ccccc67)ccc5sc43)c2-c2ccccc2)cc1. The summed E-state index contributed by atoms with van der Waals surface area (Å²) >= 11 is 3.86. The summed E-state index contributed by atoms with van der Waals surface area (Å²) in [6.45, 7) is 0. The van der Waals surface area contributed by atoms with Crippen LogP contribution in [0.2, 0.25) is 0 Å². The summed E-state index contributed by atoms with van der Waals surface area (Å²) in [4.78, 5) is 1.33. The van der Waals surface area contributed by atoms with E-state index in [1.165, 1.54) is 106 Å². The summed E-state index contributed by atoms with van der Waals surface area (Å²) < 4.78 is 4.06. The molecule has 0 aliphatic heterocycles. The highest BCUT2D eigenvalue weighted by molar-refractivity contribution is 7.32. The summed E-state index contributed by atoms with van der Waals surface area (Å²) in [6, 6.07) is 67.1. The molecule has 0 spiro atoms. The second-order valence-corrected chi connectivity index (χ2v) is 15.6. The Kier molecular flexibility index (Phi) is 6.70. The van der Waals surface area contributed by atoms with Gasteiger partial charge in [0, 0.05) is 31.3 Å². The zero-order valence-corrected chi connectivity index (χ0v) is 29.8. The number of benzene rings is 9. The van der Waals surface area contributed by atoms with Gasteiger partial charge in [-0.2, -0.15) is 0 Å². The van der Waals surface area contributed by atoms with Crippen LogP contribution >= 0.6 is 22.7 Å². The van der Waals surface area contributed by atoms with Gasteiger partial charge < -0.3 is 0 Å². The Labute approximate surface area is 309 Å². The van der Waals surface area contributed by atoms with Crippen molar-refractivity contribution in [2.75, 3.05) is 0 Å². The van der Waals surface area contributed by atoms with Gasteiger partial charge in [0.1, 0.15) is 0 Å². The topological polar surface area (TPSA) is 0 Å². The van der Waals surface area contributed by atoms with E-state index in [1.807, 2.05) is 22.7 Å². The molecular formula is C50H30S2. The van der Waals surface area contributed by atoms with Gasteiger partial charge in [-0.05, 0) is 77.8 Å². The fourth-order valence-electron chi connectivity index (χ4n) is 8.40. The third kappa shape index (κ3) is 4.45. The molecule has 0 saturated carbocycles. The summed E-state index contributed by atoms with van der Waals surface area (Å²) in [6.07, 6.45) is 0. The first-order valence-corrected chi connectivity index (χ1v) is 19.4. The maximum Gasteiger partial charge on any atom is 0.0534 e. The molecule has 11 aromatic rings. The van der Waals surface area contributed by atoms with Crippen molar-refractivity contribution in [3.05, 3.63) is 182 Å². The first-order chi connectivity index (χ1) is 25.8.